The van der Waals surface area contributed by atoms with Gasteiger partial charge in [-0.25, -0.2) is 0 Å². The lowest BCUT2D eigenvalue weighted by atomic mass is 10.0. The number of ether oxygens (including phenoxy) is 1. The topological polar surface area (TPSA) is 53.3 Å². The molecule has 0 fully saturated rings. The zero-order valence-electron chi connectivity index (χ0n) is 11.4. The smallest absolute Gasteiger partial charge is 0.245 e. The van der Waals surface area contributed by atoms with Gasteiger partial charge in [0.15, 0.2) is 6.61 Å². The van der Waals surface area contributed by atoms with Crippen LogP contribution in [0.3, 0.4) is 0 Å². The van der Waals surface area contributed by atoms with E-state index in [9.17, 15) is 4.79 Å². The van der Waals surface area contributed by atoms with Crippen molar-refractivity contribution in [2.24, 2.45) is 0 Å². The van der Waals surface area contributed by atoms with Gasteiger partial charge in [-0.15, -0.1) is 11.6 Å². The molecule has 104 valence electrons. The summed E-state index contributed by atoms with van der Waals surface area (Å²) in [6, 6.07) is 7.48. The minimum Gasteiger partial charge on any atom is -0.479 e. The van der Waals surface area contributed by atoms with Gasteiger partial charge in [0.2, 0.25) is 5.91 Å². The fourth-order valence-electron chi connectivity index (χ4n) is 2.20. The van der Waals surface area contributed by atoms with Crippen molar-refractivity contribution >= 4 is 23.2 Å². The Morgan fingerprint density at radius 2 is 2.30 bits per heavy atom. The fraction of sp³-hybridized carbons (Fsp3) is 0.333. The summed E-state index contributed by atoms with van der Waals surface area (Å²) in [6.45, 7) is 1.97. The lowest BCUT2D eigenvalue weighted by Gasteiger charge is -2.28. The Kier molecular flexibility index (Phi) is 4.31. The number of amides is 1. The van der Waals surface area contributed by atoms with Gasteiger partial charge in [-0.05, 0) is 37.1 Å². The highest BCUT2D eigenvalue weighted by Gasteiger charge is 2.27. The third kappa shape index (κ3) is 2.78. The molecule has 20 heavy (non-hydrogen) atoms. The second-order valence-corrected chi connectivity index (χ2v) is 5.14. The van der Waals surface area contributed by atoms with Gasteiger partial charge in [-0.2, -0.15) is 5.26 Å². The van der Waals surface area contributed by atoms with E-state index in [1.165, 1.54) is 0 Å². The van der Waals surface area contributed by atoms with E-state index in [-0.39, 0.29) is 12.5 Å². The summed E-state index contributed by atoms with van der Waals surface area (Å²) >= 11 is 5.95. The first-order chi connectivity index (χ1) is 9.54. The summed E-state index contributed by atoms with van der Waals surface area (Å²) in [6.07, 6.45) is 2.50. The average Bonchev–Trinajstić information content (AvgIpc) is 2.44. The van der Waals surface area contributed by atoms with Crippen LogP contribution in [0.15, 0.2) is 24.3 Å². The summed E-state index contributed by atoms with van der Waals surface area (Å²) in [5.41, 5.74) is 2.81. The van der Waals surface area contributed by atoms with Crippen LogP contribution in [0, 0.1) is 18.3 Å². The Labute approximate surface area is 123 Å². The van der Waals surface area contributed by atoms with Crippen molar-refractivity contribution < 1.29 is 9.53 Å². The van der Waals surface area contributed by atoms with Crippen LogP contribution in [-0.4, -0.2) is 29.8 Å². The highest BCUT2D eigenvalue weighted by molar-refractivity contribution is 6.31. The molecule has 1 unspecified atom stereocenters. The molecule has 1 aliphatic rings. The van der Waals surface area contributed by atoms with Crippen molar-refractivity contribution in [1.29, 1.82) is 5.26 Å². The minimum atomic E-state index is -0.484. The SMILES string of the molecule is Cc1cc(OCC#N)ccc1C1=CCC(Cl)C(=O)N1C. The number of halogens is 1. The number of carbonyl (C=O) groups excluding carboxylic acids is 1. The monoisotopic (exact) mass is 290 g/mol. The molecule has 1 amide bonds. The third-order valence-electron chi connectivity index (χ3n) is 3.26. The lowest BCUT2D eigenvalue weighted by molar-refractivity contribution is -0.126. The van der Waals surface area contributed by atoms with E-state index < -0.39 is 5.38 Å². The maximum atomic E-state index is 11.9. The van der Waals surface area contributed by atoms with Gasteiger partial charge in [0, 0.05) is 18.3 Å². The van der Waals surface area contributed by atoms with Gasteiger partial charge >= 0.3 is 0 Å². The van der Waals surface area contributed by atoms with Crippen molar-refractivity contribution in [2.45, 2.75) is 18.7 Å². The number of nitriles is 1. The van der Waals surface area contributed by atoms with E-state index in [2.05, 4.69) is 0 Å². The van der Waals surface area contributed by atoms with Crippen molar-refractivity contribution in [1.82, 2.24) is 4.90 Å². The first kappa shape index (κ1) is 14.4. The first-order valence-electron chi connectivity index (χ1n) is 6.27. The molecule has 1 atom stereocenters. The molecule has 5 heteroatoms. The standard InChI is InChI=1S/C15H15ClN2O2/c1-10-9-11(20-8-7-17)3-4-12(10)14-6-5-13(16)15(19)18(14)2/h3-4,6,9,13H,5,8H2,1-2H3. The van der Waals surface area contributed by atoms with Crippen molar-refractivity contribution in [2.75, 3.05) is 13.7 Å². The van der Waals surface area contributed by atoms with Crippen molar-refractivity contribution in [3.05, 3.63) is 35.4 Å². The van der Waals surface area contributed by atoms with Crippen LogP contribution in [0.1, 0.15) is 17.5 Å². The molecular weight excluding hydrogens is 276 g/mol. The van der Waals surface area contributed by atoms with E-state index in [0.29, 0.717) is 12.2 Å². The highest BCUT2D eigenvalue weighted by Crippen LogP contribution is 2.30. The van der Waals surface area contributed by atoms with Gasteiger partial charge < -0.3 is 9.64 Å². The van der Waals surface area contributed by atoms with Crippen LogP contribution in [0.2, 0.25) is 0 Å². The Morgan fingerprint density at radius 3 is 2.95 bits per heavy atom. The molecule has 0 saturated carbocycles. The molecule has 4 nitrogen and oxygen atoms in total. The molecule has 2 rings (SSSR count). The molecule has 0 saturated heterocycles. The van der Waals surface area contributed by atoms with Crippen LogP contribution in [-0.2, 0) is 4.79 Å². The normalized spacial score (nSPS) is 18.5. The van der Waals surface area contributed by atoms with E-state index in [1.807, 2.05) is 31.2 Å². The summed E-state index contributed by atoms with van der Waals surface area (Å²) in [7, 11) is 1.72. The van der Waals surface area contributed by atoms with E-state index in [4.69, 9.17) is 21.6 Å². The Hall–Kier alpha value is -1.99. The number of hydrogen-bond donors (Lipinski definition) is 0. The summed E-state index contributed by atoms with van der Waals surface area (Å²) in [5, 5.41) is 8.02. The predicted octanol–water partition coefficient (Wildman–Crippen LogP) is 2.71. The predicted molar refractivity (Wildman–Crippen MR) is 77.3 cm³/mol. The van der Waals surface area contributed by atoms with E-state index >= 15 is 0 Å². The molecule has 1 heterocycles. The van der Waals surface area contributed by atoms with Crippen LogP contribution < -0.4 is 4.74 Å². The zero-order chi connectivity index (χ0) is 14.7. The second-order valence-electron chi connectivity index (χ2n) is 4.61. The number of nitrogens with zero attached hydrogens (tertiary/aromatic N) is 2. The van der Waals surface area contributed by atoms with Crippen molar-refractivity contribution in [3.63, 3.8) is 0 Å². The molecule has 0 N–H and O–H groups in total. The van der Waals surface area contributed by atoms with Crippen LogP contribution in [0.25, 0.3) is 5.70 Å². The maximum absolute atomic E-state index is 11.9. The van der Waals surface area contributed by atoms with Crippen molar-refractivity contribution in [3.8, 4) is 11.8 Å². The number of rotatable bonds is 3. The third-order valence-corrected chi connectivity index (χ3v) is 3.62. The first-order valence-corrected chi connectivity index (χ1v) is 6.71. The molecule has 1 aromatic rings. The number of aryl methyl sites for hydroxylation is 1. The number of hydrogen-bond acceptors (Lipinski definition) is 3. The molecule has 0 aromatic heterocycles. The number of carbonyl (C=O) groups is 1. The van der Waals surface area contributed by atoms with Crippen LogP contribution in [0.4, 0.5) is 0 Å². The fourth-order valence-corrected chi connectivity index (χ4v) is 2.44. The second kappa shape index (κ2) is 5.98. The maximum Gasteiger partial charge on any atom is 0.245 e. The molecule has 1 aliphatic heterocycles. The highest BCUT2D eigenvalue weighted by atomic mass is 35.5. The van der Waals surface area contributed by atoms with E-state index in [0.717, 1.165) is 16.8 Å². The van der Waals surface area contributed by atoms with E-state index in [1.54, 1.807) is 18.0 Å². The minimum absolute atomic E-state index is 0.0216. The molecule has 1 aromatic carbocycles. The molecular formula is C15H15ClN2O2. The van der Waals surface area contributed by atoms with Gasteiger partial charge in [0.05, 0.1) is 0 Å². The van der Waals surface area contributed by atoms with Gasteiger partial charge in [-0.1, -0.05) is 6.08 Å². The Morgan fingerprint density at radius 1 is 1.55 bits per heavy atom. The average molecular weight is 291 g/mol. The number of benzene rings is 1. The zero-order valence-corrected chi connectivity index (χ0v) is 12.1. The number of alkyl halides is 1. The van der Waals surface area contributed by atoms with Gasteiger partial charge in [0.1, 0.15) is 17.2 Å². The van der Waals surface area contributed by atoms with Crippen LogP contribution >= 0.6 is 11.6 Å². The quantitative estimate of drug-likeness (QED) is 0.804. The summed E-state index contributed by atoms with van der Waals surface area (Å²) in [4.78, 5) is 13.5. The van der Waals surface area contributed by atoms with Gasteiger partial charge in [0.25, 0.3) is 0 Å². The van der Waals surface area contributed by atoms with Gasteiger partial charge in [-0.3, -0.25) is 4.79 Å². The summed E-state index contributed by atoms with van der Waals surface area (Å²) < 4.78 is 5.26. The largest absolute Gasteiger partial charge is 0.479 e. The lowest BCUT2D eigenvalue weighted by Crippen LogP contribution is -2.35. The molecule has 0 radical (unpaired) electrons. The molecule has 0 bridgehead atoms. The molecule has 0 aliphatic carbocycles. The number of allylic oxidation sites excluding steroid dienone is 1. The van der Waals surface area contributed by atoms with Crippen LogP contribution in [0.5, 0.6) is 5.75 Å². The Balaban J connectivity index is 2.30. The Bertz CT molecular complexity index is 604. The molecule has 0 spiro atoms. The summed E-state index contributed by atoms with van der Waals surface area (Å²) in [5.74, 6) is 0.557.